The van der Waals surface area contributed by atoms with Gasteiger partial charge in [0.1, 0.15) is 6.61 Å². The number of nitrogens with one attached hydrogen (secondary N) is 1. The minimum absolute atomic E-state index is 0.0283. The van der Waals surface area contributed by atoms with E-state index in [0.29, 0.717) is 30.6 Å². The summed E-state index contributed by atoms with van der Waals surface area (Å²) in [6, 6.07) is 17.5. The van der Waals surface area contributed by atoms with Gasteiger partial charge in [0.05, 0.1) is 0 Å². The minimum atomic E-state index is -0.113. The van der Waals surface area contributed by atoms with E-state index in [2.05, 4.69) is 5.32 Å². The fourth-order valence-corrected chi connectivity index (χ4v) is 3.50. The van der Waals surface area contributed by atoms with Crippen LogP contribution in [0.25, 0.3) is 0 Å². The van der Waals surface area contributed by atoms with Crippen LogP contribution in [0.4, 0.5) is 0 Å². The first-order valence-corrected chi connectivity index (χ1v) is 9.64. The van der Waals surface area contributed by atoms with Gasteiger partial charge >= 0.3 is 0 Å². The molecule has 5 heteroatoms. The maximum atomic E-state index is 12.3. The van der Waals surface area contributed by atoms with E-state index in [9.17, 15) is 4.79 Å². The van der Waals surface area contributed by atoms with Crippen molar-refractivity contribution in [3.05, 3.63) is 60.2 Å². The van der Waals surface area contributed by atoms with Gasteiger partial charge in [0.2, 0.25) is 0 Å². The molecule has 1 fully saturated rings. The van der Waals surface area contributed by atoms with Gasteiger partial charge in [0.25, 0.3) is 5.91 Å². The molecule has 1 aliphatic rings. The quantitative estimate of drug-likeness (QED) is 0.750. The van der Waals surface area contributed by atoms with Crippen molar-refractivity contribution in [3.63, 3.8) is 0 Å². The molecule has 0 radical (unpaired) electrons. The van der Waals surface area contributed by atoms with Crippen molar-refractivity contribution in [2.24, 2.45) is 11.7 Å². The summed E-state index contributed by atoms with van der Waals surface area (Å²) >= 11 is 0. The van der Waals surface area contributed by atoms with Crippen LogP contribution in [0.15, 0.2) is 54.6 Å². The predicted octanol–water partition coefficient (Wildman–Crippen LogP) is 3.28. The number of benzene rings is 2. The predicted molar refractivity (Wildman–Crippen MR) is 106 cm³/mol. The highest BCUT2D eigenvalue weighted by atomic mass is 16.5. The molecular weight excluding hydrogens is 340 g/mol. The van der Waals surface area contributed by atoms with E-state index in [0.717, 1.165) is 24.8 Å². The van der Waals surface area contributed by atoms with Crippen molar-refractivity contribution < 1.29 is 14.3 Å². The van der Waals surface area contributed by atoms with Crippen LogP contribution in [0.5, 0.6) is 11.5 Å². The number of hydrogen-bond donors (Lipinski definition) is 2. The van der Waals surface area contributed by atoms with E-state index in [1.54, 1.807) is 0 Å². The first-order valence-electron chi connectivity index (χ1n) is 9.64. The molecule has 1 amide bonds. The first kappa shape index (κ1) is 19.2. The van der Waals surface area contributed by atoms with Crippen LogP contribution in [0.3, 0.4) is 0 Å². The van der Waals surface area contributed by atoms with Crippen molar-refractivity contribution in [1.82, 2.24) is 5.32 Å². The first-order chi connectivity index (χ1) is 13.3. The fourth-order valence-electron chi connectivity index (χ4n) is 3.50. The Morgan fingerprint density at radius 1 is 0.963 bits per heavy atom. The third-order valence-electron chi connectivity index (χ3n) is 5.00. The Balaban J connectivity index is 1.52. The van der Waals surface area contributed by atoms with Crippen LogP contribution < -0.4 is 20.5 Å². The molecular formula is C22H28N2O3. The molecule has 2 unspecified atom stereocenters. The van der Waals surface area contributed by atoms with Gasteiger partial charge in [-0.2, -0.15) is 0 Å². The third kappa shape index (κ3) is 5.73. The van der Waals surface area contributed by atoms with Crippen molar-refractivity contribution in [2.45, 2.75) is 38.3 Å². The molecule has 27 heavy (non-hydrogen) atoms. The molecule has 5 nitrogen and oxygen atoms in total. The molecule has 0 aliphatic heterocycles. The second-order valence-electron chi connectivity index (χ2n) is 6.96. The van der Waals surface area contributed by atoms with Gasteiger partial charge in [-0.1, -0.05) is 55.3 Å². The molecule has 2 aromatic carbocycles. The maximum absolute atomic E-state index is 12.3. The maximum Gasteiger partial charge on any atom is 0.258 e. The van der Waals surface area contributed by atoms with E-state index in [-0.39, 0.29) is 18.6 Å². The highest BCUT2D eigenvalue weighted by Gasteiger charge is 2.25. The van der Waals surface area contributed by atoms with Crippen LogP contribution in [-0.4, -0.2) is 25.1 Å². The topological polar surface area (TPSA) is 73.6 Å². The van der Waals surface area contributed by atoms with Gasteiger partial charge in [0, 0.05) is 6.04 Å². The van der Waals surface area contributed by atoms with E-state index < -0.39 is 0 Å². The molecule has 3 rings (SSSR count). The van der Waals surface area contributed by atoms with E-state index >= 15 is 0 Å². The second kappa shape index (κ2) is 9.97. The van der Waals surface area contributed by atoms with Crippen molar-refractivity contribution in [3.8, 4) is 11.5 Å². The second-order valence-corrected chi connectivity index (χ2v) is 6.96. The Kier molecular flexibility index (Phi) is 7.11. The molecule has 144 valence electrons. The van der Waals surface area contributed by atoms with Gasteiger partial charge in [-0.3, -0.25) is 4.79 Å². The molecule has 2 atom stereocenters. The summed E-state index contributed by atoms with van der Waals surface area (Å²) in [5, 5.41) is 3.08. The fraction of sp³-hybridized carbons (Fsp3) is 0.409. The van der Waals surface area contributed by atoms with Gasteiger partial charge in [0.15, 0.2) is 18.1 Å². The zero-order valence-electron chi connectivity index (χ0n) is 15.6. The van der Waals surface area contributed by atoms with Crippen LogP contribution in [0.2, 0.25) is 0 Å². The molecule has 0 saturated heterocycles. The lowest BCUT2D eigenvalue weighted by Gasteiger charge is -2.31. The molecule has 1 saturated carbocycles. The van der Waals surface area contributed by atoms with Gasteiger partial charge in [-0.15, -0.1) is 0 Å². The lowest BCUT2D eigenvalue weighted by molar-refractivity contribution is -0.124. The molecule has 2 aromatic rings. The zero-order chi connectivity index (χ0) is 18.9. The summed E-state index contributed by atoms with van der Waals surface area (Å²) in [7, 11) is 0. The molecule has 0 aromatic heterocycles. The monoisotopic (exact) mass is 368 g/mol. The van der Waals surface area contributed by atoms with Crippen LogP contribution >= 0.6 is 0 Å². The smallest absolute Gasteiger partial charge is 0.258 e. The number of hydrogen-bond acceptors (Lipinski definition) is 4. The Bertz CT molecular complexity index is 721. The molecule has 0 bridgehead atoms. The van der Waals surface area contributed by atoms with Crippen molar-refractivity contribution >= 4 is 5.91 Å². The number of ether oxygens (including phenoxy) is 2. The minimum Gasteiger partial charge on any atom is -0.485 e. The Morgan fingerprint density at radius 2 is 1.63 bits per heavy atom. The van der Waals surface area contributed by atoms with E-state index in [1.165, 1.54) is 6.42 Å². The summed E-state index contributed by atoms with van der Waals surface area (Å²) < 4.78 is 11.6. The average molecular weight is 368 g/mol. The largest absolute Gasteiger partial charge is 0.485 e. The van der Waals surface area contributed by atoms with Gasteiger partial charge < -0.3 is 20.5 Å². The van der Waals surface area contributed by atoms with Crippen molar-refractivity contribution in [2.75, 3.05) is 13.2 Å². The van der Waals surface area contributed by atoms with E-state index in [1.807, 2.05) is 54.6 Å². The average Bonchev–Trinajstić information content (AvgIpc) is 2.72. The van der Waals surface area contributed by atoms with Gasteiger partial charge in [-0.05, 0) is 43.0 Å². The number of amides is 1. The number of para-hydroxylation sites is 2. The molecule has 3 N–H and O–H groups in total. The van der Waals surface area contributed by atoms with Crippen LogP contribution in [0, 0.1) is 5.92 Å². The van der Waals surface area contributed by atoms with E-state index in [4.69, 9.17) is 15.2 Å². The Hall–Kier alpha value is -2.53. The summed E-state index contributed by atoms with van der Waals surface area (Å²) in [6.07, 6.45) is 4.40. The number of nitrogens with two attached hydrogens (primary N) is 1. The molecule has 0 heterocycles. The van der Waals surface area contributed by atoms with Crippen molar-refractivity contribution in [1.29, 1.82) is 0 Å². The summed E-state index contributed by atoms with van der Waals surface area (Å²) in [5.74, 6) is 1.46. The zero-order valence-corrected chi connectivity index (χ0v) is 15.6. The highest BCUT2D eigenvalue weighted by molar-refractivity contribution is 5.78. The van der Waals surface area contributed by atoms with Crippen LogP contribution in [-0.2, 0) is 11.4 Å². The van der Waals surface area contributed by atoms with Gasteiger partial charge in [-0.25, -0.2) is 0 Å². The summed E-state index contributed by atoms with van der Waals surface area (Å²) in [4.78, 5) is 12.3. The number of carbonyl (C=O) groups is 1. The SMILES string of the molecule is NCC1CCCCC1NC(=O)COc1ccccc1OCc1ccccc1. The standard InChI is InChI=1S/C22H28N2O3/c23-14-18-10-4-5-11-19(18)24-22(25)16-27-21-13-7-6-12-20(21)26-15-17-8-2-1-3-9-17/h1-3,6-9,12-13,18-19H,4-5,10-11,14-16,23H2,(H,24,25). The molecule has 1 aliphatic carbocycles. The third-order valence-corrected chi connectivity index (χ3v) is 5.00. The Labute approximate surface area is 160 Å². The lowest BCUT2D eigenvalue weighted by Crippen LogP contribution is -2.46. The summed E-state index contributed by atoms with van der Waals surface area (Å²) in [5.41, 5.74) is 6.92. The lowest BCUT2D eigenvalue weighted by atomic mass is 9.84. The normalized spacial score (nSPS) is 19.3. The number of carbonyl (C=O) groups excluding carboxylic acids is 1. The number of rotatable bonds is 8. The molecule has 0 spiro atoms. The highest BCUT2D eigenvalue weighted by Crippen LogP contribution is 2.27. The summed E-state index contributed by atoms with van der Waals surface area (Å²) in [6.45, 7) is 1.04. The Morgan fingerprint density at radius 3 is 2.37 bits per heavy atom. The van der Waals surface area contributed by atoms with Crippen LogP contribution in [0.1, 0.15) is 31.2 Å².